The van der Waals surface area contributed by atoms with Crippen LogP contribution in [0.25, 0.3) is 0 Å². The highest BCUT2D eigenvalue weighted by molar-refractivity contribution is 7.99. The van der Waals surface area contributed by atoms with Gasteiger partial charge in [-0.2, -0.15) is 0 Å². The SMILES string of the molecule is CSc1cccc2c1C(=O)c1c(SC)cccc1C2=O. The molecule has 0 atom stereocenters. The lowest BCUT2D eigenvalue weighted by molar-refractivity contribution is 0.0974. The van der Waals surface area contributed by atoms with Crippen LogP contribution in [0.5, 0.6) is 0 Å². The second-order valence-electron chi connectivity index (χ2n) is 4.42. The van der Waals surface area contributed by atoms with E-state index in [1.807, 2.05) is 36.8 Å². The van der Waals surface area contributed by atoms with E-state index in [2.05, 4.69) is 0 Å². The molecule has 3 rings (SSSR count). The fourth-order valence-corrected chi connectivity index (χ4v) is 3.76. The lowest BCUT2D eigenvalue weighted by Gasteiger charge is -2.21. The number of ketones is 2. The highest BCUT2D eigenvalue weighted by Gasteiger charge is 2.32. The van der Waals surface area contributed by atoms with Crippen LogP contribution in [-0.2, 0) is 0 Å². The van der Waals surface area contributed by atoms with E-state index in [-0.39, 0.29) is 11.6 Å². The Balaban J connectivity index is 2.34. The van der Waals surface area contributed by atoms with E-state index in [0.717, 1.165) is 9.79 Å². The van der Waals surface area contributed by atoms with Gasteiger partial charge in [0.15, 0.2) is 11.6 Å². The molecule has 0 aromatic heterocycles. The summed E-state index contributed by atoms with van der Waals surface area (Å²) in [6, 6.07) is 10.9. The van der Waals surface area contributed by atoms with Crippen molar-refractivity contribution in [2.75, 3.05) is 12.5 Å². The number of rotatable bonds is 2. The van der Waals surface area contributed by atoms with Gasteiger partial charge in [-0.1, -0.05) is 24.3 Å². The molecule has 0 bridgehead atoms. The smallest absolute Gasteiger partial charge is 0.196 e. The highest BCUT2D eigenvalue weighted by atomic mass is 32.2. The Morgan fingerprint density at radius 2 is 1.15 bits per heavy atom. The van der Waals surface area contributed by atoms with Crippen molar-refractivity contribution in [2.24, 2.45) is 0 Å². The van der Waals surface area contributed by atoms with E-state index in [9.17, 15) is 9.59 Å². The second-order valence-corrected chi connectivity index (χ2v) is 6.12. The van der Waals surface area contributed by atoms with Crippen molar-refractivity contribution in [1.29, 1.82) is 0 Å². The average Bonchev–Trinajstić information content (AvgIpc) is 2.50. The molecule has 0 amide bonds. The Labute approximate surface area is 126 Å². The van der Waals surface area contributed by atoms with Crippen LogP contribution in [0.15, 0.2) is 46.2 Å². The molecule has 0 radical (unpaired) electrons. The minimum Gasteiger partial charge on any atom is -0.289 e. The lowest BCUT2D eigenvalue weighted by Crippen LogP contribution is -2.22. The molecule has 0 fully saturated rings. The Kier molecular flexibility index (Phi) is 3.44. The number of hydrogen-bond donors (Lipinski definition) is 0. The predicted octanol–water partition coefficient (Wildman–Crippen LogP) is 3.91. The van der Waals surface area contributed by atoms with E-state index in [4.69, 9.17) is 0 Å². The lowest BCUT2D eigenvalue weighted by atomic mass is 9.84. The molecule has 0 heterocycles. The Morgan fingerprint density at radius 1 is 0.700 bits per heavy atom. The molecule has 1 aliphatic rings. The van der Waals surface area contributed by atoms with Crippen LogP contribution in [0.3, 0.4) is 0 Å². The van der Waals surface area contributed by atoms with Crippen molar-refractivity contribution >= 4 is 35.1 Å². The van der Waals surface area contributed by atoms with Crippen molar-refractivity contribution in [3.8, 4) is 0 Å². The van der Waals surface area contributed by atoms with E-state index in [0.29, 0.717) is 22.3 Å². The number of carbonyl (C=O) groups excluding carboxylic acids is 2. The third-order valence-corrected chi connectivity index (χ3v) is 5.00. The Hall–Kier alpha value is -1.52. The first-order chi connectivity index (χ1) is 9.69. The van der Waals surface area contributed by atoms with Gasteiger partial charge in [0.1, 0.15) is 0 Å². The quantitative estimate of drug-likeness (QED) is 0.672. The maximum absolute atomic E-state index is 12.8. The van der Waals surface area contributed by atoms with Crippen LogP contribution < -0.4 is 0 Å². The van der Waals surface area contributed by atoms with E-state index in [1.165, 1.54) is 23.5 Å². The molecule has 20 heavy (non-hydrogen) atoms. The standard InChI is InChI=1S/C16H12O2S2/c1-19-11-7-3-5-9-13(11)16(18)14-10(15(9)17)6-4-8-12(14)20-2/h3-8H,1-2H3. The summed E-state index contributed by atoms with van der Waals surface area (Å²) in [5.41, 5.74) is 2.15. The van der Waals surface area contributed by atoms with Crippen LogP contribution in [0.1, 0.15) is 31.8 Å². The van der Waals surface area contributed by atoms with Crippen LogP contribution >= 0.6 is 23.5 Å². The fourth-order valence-electron chi connectivity index (χ4n) is 2.52. The largest absolute Gasteiger partial charge is 0.289 e. The first kappa shape index (κ1) is 13.5. The summed E-state index contributed by atoms with van der Waals surface area (Å²) >= 11 is 2.99. The maximum atomic E-state index is 12.8. The molecular weight excluding hydrogens is 288 g/mol. The van der Waals surface area contributed by atoms with Gasteiger partial charge in [0.25, 0.3) is 0 Å². The highest BCUT2D eigenvalue weighted by Crippen LogP contribution is 2.36. The predicted molar refractivity (Wildman–Crippen MR) is 83.3 cm³/mol. The molecule has 1 aliphatic carbocycles. The summed E-state index contributed by atoms with van der Waals surface area (Å²) in [5, 5.41) is 0. The zero-order chi connectivity index (χ0) is 14.3. The summed E-state index contributed by atoms with van der Waals surface area (Å²) in [6.45, 7) is 0. The van der Waals surface area contributed by atoms with E-state index in [1.54, 1.807) is 12.1 Å². The molecule has 4 heteroatoms. The van der Waals surface area contributed by atoms with E-state index < -0.39 is 0 Å². The molecule has 0 saturated heterocycles. The van der Waals surface area contributed by atoms with Gasteiger partial charge in [0.2, 0.25) is 0 Å². The van der Waals surface area contributed by atoms with Crippen LogP contribution in [-0.4, -0.2) is 24.1 Å². The van der Waals surface area contributed by atoms with Gasteiger partial charge in [-0.25, -0.2) is 0 Å². The number of thioether (sulfide) groups is 2. The first-order valence-electron chi connectivity index (χ1n) is 6.12. The monoisotopic (exact) mass is 300 g/mol. The number of fused-ring (bicyclic) bond motifs is 2. The maximum Gasteiger partial charge on any atom is 0.196 e. The zero-order valence-corrected chi connectivity index (χ0v) is 12.7. The van der Waals surface area contributed by atoms with Gasteiger partial charge in [0, 0.05) is 32.0 Å². The topological polar surface area (TPSA) is 34.1 Å². The molecule has 0 aliphatic heterocycles. The van der Waals surface area contributed by atoms with Crippen molar-refractivity contribution in [3.05, 3.63) is 58.7 Å². The minimum absolute atomic E-state index is 0.0375. The third-order valence-electron chi connectivity index (χ3n) is 3.44. The molecule has 2 aromatic rings. The van der Waals surface area contributed by atoms with Crippen LogP contribution in [0.2, 0.25) is 0 Å². The minimum atomic E-state index is -0.0543. The Morgan fingerprint density at radius 3 is 1.55 bits per heavy atom. The van der Waals surface area contributed by atoms with Gasteiger partial charge in [-0.15, -0.1) is 23.5 Å². The summed E-state index contributed by atoms with van der Waals surface area (Å²) < 4.78 is 0. The van der Waals surface area contributed by atoms with Crippen LogP contribution in [0, 0.1) is 0 Å². The van der Waals surface area contributed by atoms with Gasteiger partial charge in [0.05, 0.1) is 0 Å². The molecule has 0 spiro atoms. The van der Waals surface area contributed by atoms with Gasteiger partial charge in [-0.3, -0.25) is 9.59 Å². The summed E-state index contributed by atoms with van der Waals surface area (Å²) in [5.74, 6) is -0.0918. The number of hydrogen-bond acceptors (Lipinski definition) is 4. The van der Waals surface area contributed by atoms with Crippen LogP contribution in [0.4, 0.5) is 0 Å². The molecule has 0 N–H and O–H groups in total. The average molecular weight is 300 g/mol. The van der Waals surface area contributed by atoms with Crippen molar-refractivity contribution in [1.82, 2.24) is 0 Å². The molecule has 2 nitrogen and oxygen atoms in total. The van der Waals surface area contributed by atoms with Gasteiger partial charge >= 0.3 is 0 Å². The van der Waals surface area contributed by atoms with Crippen molar-refractivity contribution in [3.63, 3.8) is 0 Å². The molecular formula is C16H12O2S2. The summed E-state index contributed by atoms with van der Waals surface area (Å²) in [6.07, 6.45) is 3.84. The van der Waals surface area contributed by atoms with Gasteiger partial charge < -0.3 is 0 Å². The summed E-state index contributed by atoms with van der Waals surface area (Å²) in [4.78, 5) is 27.2. The fraction of sp³-hybridized carbons (Fsp3) is 0.125. The van der Waals surface area contributed by atoms with Crippen molar-refractivity contribution < 1.29 is 9.59 Å². The van der Waals surface area contributed by atoms with Crippen molar-refractivity contribution in [2.45, 2.75) is 9.79 Å². The third kappa shape index (κ3) is 1.83. The molecule has 0 unspecified atom stereocenters. The molecule has 100 valence electrons. The molecule has 0 saturated carbocycles. The second kappa shape index (κ2) is 5.11. The zero-order valence-electron chi connectivity index (χ0n) is 11.1. The Bertz CT molecular complexity index is 676. The van der Waals surface area contributed by atoms with Gasteiger partial charge in [-0.05, 0) is 24.6 Å². The summed E-state index contributed by atoms with van der Waals surface area (Å²) in [7, 11) is 0. The van der Waals surface area contributed by atoms with E-state index >= 15 is 0 Å². The molecule has 2 aromatic carbocycles. The first-order valence-corrected chi connectivity index (χ1v) is 8.57. The number of carbonyl (C=O) groups is 2. The normalized spacial score (nSPS) is 13.1. The number of benzene rings is 2.